The molecule has 0 aromatic carbocycles. The molecule has 0 aromatic rings. The second-order valence-electron chi connectivity index (χ2n) is 6.59. The summed E-state index contributed by atoms with van der Waals surface area (Å²) in [5.74, 6) is -0.242. The lowest BCUT2D eigenvalue weighted by atomic mass is 9.97. The van der Waals surface area contributed by atoms with Crippen LogP contribution in [0.15, 0.2) is 0 Å². The average molecular weight is 301 g/mol. The average Bonchev–Trinajstić information content (AvgIpc) is 2.35. The van der Waals surface area contributed by atoms with Gasteiger partial charge in [0.05, 0.1) is 25.4 Å². The fourth-order valence-electron chi connectivity index (χ4n) is 3.01. The van der Waals surface area contributed by atoms with Crippen molar-refractivity contribution in [2.75, 3.05) is 13.7 Å². The van der Waals surface area contributed by atoms with E-state index < -0.39 is 5.54 Å². The van der Waals surface area contributed by atoms with Crippen molar-refractivity contribution >= 4 is 5.97 Å². The number of carbonyl (C=O) groups excluding carboxylic acids is 1. The van der Waals surface area contributed by atoms with Gasteiger partial charge in [-0.25, -0.2) is 0 Å². The van der Waals surface area contributed by atoms with Gasteiger partial charge in [-0.3, -0.25) is 10.1 Å². The van der Waals surface area contributed by atoms with Gasteiger partial charge >= 0.3 is 5.97 Å². The molecule has 3 atom stereocenters. The van der Waals surface area contributed by atoms with Crippen LogP contribution in [0, 0.1) is 0 Å². The van der Waals surface area contributed by atoms with E-state index >= 15 is 0 Å². The van der Waals surface area contributed by atoms with Crippen molar-refractivity contribution in [3.8, 4) is 0 Å². The van der Waals surface area contributed by atoms with Gasteiger partial charge in [0, 0.05) is 12.6 Å². The third-order valence-corrected chi connectivity index (χ3v) is 3.85. The first-order valence-corrected chi connectivity index (χ1v) is 7.90. The second kappa shape index (κ2) is 8.11. The Morgan fingerprint density at radius 3 is 2.38 bits per heavy atom. The summed E-state index contributed by atoms with van der Waals surface area (Å²) in [5, 5.41) is 3.28. The van der Waals surface area contributed by atoms with Crippen LogP contribution in [0.3, 0.4) is 0 Å². The quantitative estimate of drug-likeness (QED) is 0.731. The Labute approximate surface area is 128 Å². The van der Waals surface area contributed by atoms with Crippen LogP contribution in [0.2, 0.25) is 0 Å². The summed E-state index contributed by atoms with van der Waals surface area (Å²) >= 11 is 0. The maximum Gasteiger partial charge on any atom is 0.325 e. The maximum atomic E-state index is 12.0. The number of ether oxygens (including phenoxy) is 3. The summed E-state index contributed by atoms with van der Waals surface area (Å²) in [5.41, 5.74) is -0.703. The number of hydrogen-bond donors (Lipinski definition) is 1. The summed E-state index contributed by atoms with van der Waals surface area (Å²) in [6.07, 6.45) is 3.11. The highest BCUT2D eigenvalue weighted by Crippen LogP contribution is 2.22. The normalized spacial score (nSPS) is 29.2. The van der Waals surface area contributed by atoms with Crippen LogP contribution in [0.1, 0.15) is 53.9 Å². The molecule has 5 nitrogen and oxygen atoms in total. The standard InChI is InChI=1S/C16H31NO4/c1-11(2)17-16(5,15(18)19-6)7-8-20-14-9-12(3)21-13(4)10-14/h11-14,17H,7-10H2,1-6H3. The summed E-state index contributed by atoms with van der Waals surface area (Å²) in [7, 11) is 1.42. The van der Waals surface area contributed by atoms with E-state index in [1.165, 1.54) is 7.11 Å². The van der Waals surface area contributed by atoms with Crippen molar-refractivity contribution in [3.05, 3.63) is 0 Å². The topological polar surface area (TPSA) is 56.8 Å². The zero-order valence-electron chi connectivity index (χ0n) is 14.3. The molecule has 0 spiro atoms. The number of nitrogens with one attached hydrogen (secondary N) is 1. The minimum absolute atomic E-state index is 0.206. The Bertz CT molecular complexity index is 324. The van der Waals surface area contributed by atoms with E-state index in [1.807, 2.05) is 20.8 Å². The highest BCUT2D eigenvalue weighted by atomic mass is 16.5. The van der Waals surface area contributed by atoms with Gasteiger partial charge in [0.15, 0.2) is 0 Å². The van der Waals surface area contributed by atoms with Gasteiger partial charge in [0.25, 0.3) is 0 Å². The van der Waals surface area contributed by atoms with E-state index in [4.69, 9.17) is 14.2 Å². The van der Waals surface area contributed by atoms with Crippen LogP contribution >= 0.6 is 0 Å². The van der Waals surface area contributed by atoms with Crippen LogP contribution in [-0.2, 0) is 19.0 Å². The Balaban J connectivity index is 2.48. The number of rotatable bonds is 7. The van der Waals surface area contributed by atoms with E-state index in [2.05, 4.69) is 19.2 Å². The van der Waals surface area contributed by atoms with Crippen LogP contribution in [-0.4, -0.2) is 49.6 Å². The van der Waals surface area contributed by atoms with E-state index in [0.717, 1.165) is 12.8 Å². The molecule has 0 amide bonds. The van der Waals surface area contributed by atoms with Crippen LogP contribution in [0.5, 0.6) is 0 Å². The first-order valence-electron chi connectivity index (χ1n) is 7.90. The predicted molar refractivity (Wildman–Crippen MR) is 82.3 cm³/mol. The minimum Gasteiger partial charge on any atom is -0.468 e. The zero-order valence-corrected chi connectivity index (χ0v) is 14.3. The molecule has 124 valence electrons. The molecule has 1 aliphatic rings. The Morgan fingerprint density at radius 2 is 1.90 bits per heavy atom. The summed E-state index contributed by atoms with van der Waals surface area (Å²) in [6, 6.07) is 0.206. The lowest BCUT2D eigenvalue weighted by Gasteiger charge is -2.34. The number of carbonyl (C=O) groups is 1. The molecular formula is C16H31NO4. The lowest BCUT2D eigenvalue weighted by molar-refractivity contribution is -0.150. The lowest BCUT2D eigenvalue weighted by Crippen LogP contribution is -2.53. The maximum absolute atomic E-state index is 12.0. The molecule has 0 aliphatic carbocycles. The molecule has 0 bridgehead atoms. The third-order valence-electron chi connectivity index (χ3n) is 3.85. The van der Waals surface area contributed by atoms with Gasteiger partial charge in [0.1, 0.15) is 5.54 Å². The Hall–Kier alpha value is -0.650. The summed E-state index contributed by atoms with van der Waals surface area (Å²) < 4.78 is 16.6. The molecular weight excluding hydrogens is 270 g/mol. The van der Waals surface area contributed by atoms with Crippen LogP contribution in [0.25, 0.3) is 0 Å². The van der Waals surface area contributed by atoms with Gasteiger partial charge in [-0.1, -0.05) is 0 Å². The fraction of sp³-hybridized carbons (Fsp3) is 0.938. The molecule has 5 heteroatoms. The van der Waals surface area contributed by atoms with E-state index in [-0.39, 0.29) is 30.3 Å². The molecule has 1 aliphatic heterocycles. The van der Waals surface area contributed by atoms with Crippen molar-refractivity contribution in [1.29, 1.82) is 0 Å². The largest absolute Gasteiger partial charge is 0.468 e. The molecule has 1 heterocycles. The fourth-order valence-corrected chi connectivity index (χ4v) is 3.01. The monoisotopic (exact) mass is 301 g/mol. The minimum atomic E-state index is -0.703. The van der Waals surface area contributed by atoms with E-state index in [1.54, 1.807) is 0 Å². The number of esters is 1. The Morgan fingerprint density at radius 1 is 1.33 bits per heavy atom. The molecule has 1 fully saturated rings. The highest BCUT2D eigenvalue weighted by molar-refractivity contribution is 5.80. The van der Waals surface area contributed by atoms with Crippen molar-refractivity contribution in [2.45, 2.75) is 83.8 Å². The van der Waals surface area contributed by atoms with E-state index in [0.29, 0.717) is 13.0 Å². The molecule has 1 saturated heterocycles. The predicted octanol–water partition coefficient (Wildman–Crippen LogP) is 2.28. The van der Waals surface area contributed by atoms with Gasteiger partial charge < -0.3 is 14.2 Å². The summed E-state index contributed by atoms with van der Waals surface area (Å²) in [6.45, 7) is 10.6. The molecule has 21 heavy (non-hydrogen) atoms. The van der Waals surface area contributed by atoms with Crippen molar-refractivity contribution in [3.63, 3.8) is 0 Å². The molecule has 1 N–H and O–H groups in total. The Kier molecular flexibility index (Phi) is 7.10. The SMILES string of the molecule is COC(=O)C(C)(CCOC1CC(C)OC(C)C1)NC(C)C. The molecule has 3 unspecified atom stereocenters. The third kappa shape index (κ3) is 5.93. The molecule has 0 saturated carbocycles. The first-order chi connectivity index (χ1) is 9.76. The summed E-state index contributed by atoms with van der Waals surface area (Å²) in [4.78, 5) is 12.0. The molecule has 1 rings (SSSR count). The molecule has 0 aromatic heterocycles. The molecule has 0 radical (unpaired) electrons. The second-order valence-corrected chi connectivity index (χ2v) is 6.59. The highest BCUT2D eigenvalue weighted by Gasteiger charge is 2.35. The van der Waals surface area contributed by atoms with Gasteiger partial charge in [-0.15, -0.1) is 0 Å². The van der Waals surface area contributed by atoms with Gasteiger partial charge in [-0.05, 0) is 53.9 Å². The first kappa shape index (κ1) is 18.4. The zero-order chi connectivity index (χ0) is 16.0. The van der Waals surface area contributed by atoms with Gasteiger partial charge in [0.2, 0.25) is 0 Å². The van der Waals surface area contributed by atoms with E-state index in [9.17, 15) is 4.79 Å². The van der Waals surface area contributed by atoms with Crippen molar-refractivity contribution in [2.24, 2.45) is 0 Å². The number of hydrogen-bond acceptors (Lipinski definition) is 5. The number of methoxy groups -OCH3 is 1. The van der Waals surface area contributed by atoms with Crippen molar-refractivity contribution < 1.29 is 19.0 Å². The smallest absolute Gasteiger partial charge is 0.325 e. The van der Waals surface area contributed by atoms with Crippen LogP contribution in [0.4, 0.5) is 0 Å². The van der Waals surface area contributed by atoms with Crippen LogP contribution < -0.4 is 5.32 Å². The van der Waals surface area contributed by atoms with Crippen molar-refractivity contribution in [1.82, 2.24) is 5.32 Å². The van der Waals surface area contributed by atoms with Gasteiger partial charge in [-0.2, -0.15) is 0 Å².